The zero-order valence-corrected chi connectivity index (χ0v) is 14.9. The largest absolute Gasteiger partial charge is 0.497 e. The predicted molar refractivity (Wildman–Crippen MR) is 98.8 cm³/mol. The molecule has 0 saturated carbocycles. The summed E-state index contributed by atoms with van der Waals surface area (Å²) in [5.74, 6) is -0.145. The number of aromatic nitrogens is 1. The quantitative estimate of drug-likeness (QED) is 0.516. The maximum absolute atomic E-state index is 12.5. The van der Waals surface area contributed by atoms with Gasteiger partial charge in [0.05, 0.1) is 18.2 Å². The van der Waals surface area contributed by atoms with Crippen molar-refractivity contribution in [2.45, 2.75) is 13.8 Å². The van der Waals surface area contributed by atoms with E-state index < -0.39 is 5.97 Å². The zero-order valence-electron chi connectivity index (χ0n) is 14.9. The van der Waals surface area contributed by atoms with E-state index in [4.69, 9.17) is 9.47 Å². The van der Waals surface area contributed by atoms with Crippen LogP contribution in [-0.4, -0.2) is 30.5 Å². The van der Waals surface area contributed by atoms with Crippen LogP contribution in [0.5, 0.6) is 5.75 Å². The molecule has 132 valence electrons. The number of carbonyl (C=O) groups excluding carboxylic acids is 2. The number of benzene rings is 2. The van der Waals surface area contributed by atoms with Crippen LogP contribution < -0.4 is 4.74 Å². The van der Waals surface area contributed by atoms with Gasteiger partial charge in [-0.2, -0.15) is 0 Å². The lowest BCUT2D eigenvalue weighted by Gasteiger charge is -2.10. The standard InChI is InChI=1S/C21H19NO4/c1-13-5-4-6-17-18(11-14(2)22-20(13)17)21(24)26-12-19(23)15-7-9-16(25-3)10-8-15/h4-11H,12H2,1-3H3. The number of aryl methyl sites for hydroxylation is 2. The van der Waals surface area contributed by atoms with Gasteiger partial charge in [0.2, 0.25) is 0 Å². The van der Waals surface area contributed by atoms with Crippen LogP contribution >= 0.6 is 0 Å². The fourth-order valence-corrected chi connectivity index (χ4v) is 2.76. The van der Waals surface area contributed by atoms with E-state index in [0.29, 0.717) is 16.9 Å². The molecule has 0 spiro atoms. The Bertz CT molecular complexity index is 977. The van der Waals surface area contributed by atoms with Crippen molar-refractivity contribution in [1.29, 1.82) is 0 Å². The number of pyridine rings is 1. The molecular formula is C21H19NO4. The number of hydrogen-bond acceptors (Lipinski definition) is 5. The summed E-state index contributed by atoms with van der Waals surface area (Å²) in [6.07, 6.45) is 0. The van der Waals surface area contributed by atoms with Gasteiger partial charge in [-0.3, -0.25) is 9.78 Å². The van der Waals surface area contributed by atoms with Gasteiger partial charge in [0.15, 0.2) is 12.4 Å². The molecule has 26 heavy (non-hydrogen) atoms. The van der Waals surface area contributed by atoms with Crippen molar-refractivity contribution >= 4 is 22.7 Å². The van der Waals surface area contributed by atoms with E-state index in [1.807, 2.05) is 32.0 Å². The number of ether oxygens (including phenoxy) is 2. The topological polar surface area (TPSA) is 65.5 Å². The van der Waals surface area contributed by atoms with Gasteiger partial charge < -0.3 is 9.47 Å². The Hall–Kier alpha value is -3.21. The molecule has 0 aliphatic heterocycles. The van der Waals surface area contributed by atoms with E-state index in [0.717, 1.165) is 22.2 Å². The van der Waals surface area contributed by atoms with Crippen molar-refractivity contribution < 1.29 is 19.1 Å². The van der Waals surface area contributed by atoms with Crippen LogP contribution in [0.3, 0.4) is 0 Å². The lowest BCUT2D eigenvalue weighted by atomic mass is 10.0. The van der Waals surface area contributed by atoms with Crippen LogP contribution in [0.1, 0.15) is 32.0 Å². The van der Waals surface area contributed by atoms with Gasteiger partial charge in [0.1, 0.15) is 5.75 Å². The maximum atomic E-state index is 12.5. The van der Waals surface area contributed by atoms with E-state index in [9.17, 15) is 9.59 Å². The Morgan fingerprint density at radius 3 is 2.46 bits per heavy atom. The molecule has 0 aliphatic rings. The number of Topliss-reactive ketones (excluding diaryl/α,β-unsaturated/α-hetero) is 1. The van der Waals surface area contributed by atoms with E-state index in [-0.39, 0.29) is 12.4 Å². The first kappa shape index (κ1) is 17.6. The lowest BCUT2D eigenvalue weighted by Crippen LogP contribution is -2.15. The van der Waals surface area contributed by atoms with Crippen molar-refractivity contribution in [3.8, 4) is 5.75 Å². The number of hydrogen-bond donors (Lipinski definition) is 0. The van der Waals surface area contributed by atoms with Crippen molar-refractivity contribution in [3.05, 3.63) is 70.9 Å². The van der Waals surface area contributed by atoms with Crippen LogP contribution in [0.4, 0.5) is 0 Å². The molecule has 0 unspecified atom stereocenters. The molecule has 0 aliphatic carbocycles. The second-order valence-electron chi connectivity index (χ2n) is 6.01. The first-order chi connectivity index (χ1) is 12.5. The molecule has 3 aromatic rings. The van der Waals surface area contributed by atoms with Gasteiger partial charge >= 0.3 is 5.97 Å². The Labute approximate surface area is 151 Å². The highest BCUT2D eigenvalue weighted by atomic mass is 16.5. The lowest BCUT2D eigenvalue weighted by molar-refractivity contribution is 0.0476. The van der Waals surface area contributed by atoms with Gasteiger partial charge in [-0.05, 0) is 49.7 Å². The van der Waals surface area contributed by atoms with Gasteiger partial charge in [0, 0.05) is 16.6 Å². The first-order valence-corrected chi connectivity index (χ1v) is 8.21. The number of nitrogens with zero attached hydrogens (tertiary/aromatic N) is 1. The average molecular weight is 349 g/mol. The fourth-order valence-electron chi connectivity index (χ4n) is 2.76. The smallest absolute Gasteiger partial charge is 0.339 e. The monoisotopic (exact) mass is 349 g/mol. The summed E-state index contributed by atoms with van der Waals surface area (Å²) < 4.78 is 10.3. The van der Waals surface area contributed by atoms with Gasteiger partial charge in [-0.25, -0.2) is 4.79 Å². The highest BCUT2D eigenvalue weighted by Gasteiger charge is 2.16. The Morgan fingerprint density at radius 1 is 1.04 bits per heavy atom. The molecule has 5 nitrogen and oxygen atoms in total. The van der Waals surface area contributed by atoms with Crippen molar-refractivity contribution in [2.75, 3.05) is 13.7 Å². The second kappa shape index (κ2) is 7.35. The summed E-state index contributed by atoms with van der Waals surface area (Å²) in [6, 6.07) is 14.0. The van der Waals surface area contributed by atoms with Crippen LogP contribution in [-0.2, 0) is 4.74 Å². The van der Waals surface area contributed by atoms with E-state index in [2.05, 4.69) is 4.98 Å². The second-order valence-corrected chi connectivity index (χ2v) is 6.01. The molecule has 2 aromatic carbocycles. The molecule has 0 amide bonds. The Morgan fingerprint density at radius 2 is 1.77 bits per heavy atom. The number of fused-ring (bicyclic) bond motifs is 1. The van der Waals surface area contributed by atoms with E-state index in [1.165, 1.54) is 0 Å². The third-order valence-corrected chi connectivity index (χ3v) is 4.14. The third kappa shape index (κ3) is 3.57. The Kier molecular flexibility index (Phi) is 4.98. The summed E-state index contributed by atoms with van der Waals surface area (Å²) in [5.41, 5.74) is 3.35. The van der Waals surface area contributed by atoms with Crippen molar-refractivity contribution in [1.82, 2.24) is 4.98 Å². The number of rotatable bonds is 5. The molecule has 0 bridgehead atoms. The molecule has 0 N–H and O–H groups in total. The van der Waals surface area contributed by atoms with Gasteiger partial charge in [0.25, 0.3) is 0 Å². The molecule has 0 saturated heterocycles. The normalized spacial score (nSPS) is 10.6. The fraction of sp³-hybridized carbons (Fsp3) is 0.190. The highest BCUT2D eigenvalue weighted by molar-refractivity contribution is 6.05. The average Bonchev–Trinajstić information content (AvgIpc) is 2.66. The summed E-state index contributed by atoms with van der Waals surface area (Å²) in [5, 5.41) is 0.720. The summed E-state index contributed by atoms with van der Waals surface area (Å²) >= 11 is 0. The van der Waals surface area contributed by atoms with E-state index >= 15 is 0 Å². The van der Waals surface area contributed by atoms with Crippen LogP contribution in [0.15, 0.2) is 48.5 Å². The Balaban J connectivity index is 1.79. The molecule has 0 fully saturated rings. The highest BCUT2D eigenvalue weighted by Crippen LogP contribution is 2.22. The molecule has 5 heteroatoms. The molecular weight excluding hydrogens is 330 g/mol. The summed E-state index contributed by atoms with van der Waals surface area (Å²) in [6.45, 7) is 3.45. The number of methoxy groups -OCH3 is 1. The minimum Gasteiger partial charge on any atom is -0.497 e. The van der Waals surface area contributed by atoms with Crippen LogP contribution in [0.2, 0.25) is 0 Å². The van der Waals surface area contributed by atoms with Crippen LogP contribution in [0.25, 0.3) is 10.9 Å². The zero-order chi connectivity index (χ0) is 18.7. The number of carbonyl (C=O) groups is 2. The molecule has 3 rings (SSSR count). The third-order valence-electron chi connectivity index (χ3n) is 4.14. The van der Waals surface area contributed by atoms with Gasteiger partial charge in [-0.15, -0.1) is 0 Å². The SMILES string of the molecule is COc1ccc(C(=O)COC(=O)c2cc(C)nc3c(C)cccc23)cc1. The summed E-state index contributed by atoms with van der Waals surface area (Å²) in [4.78, 5) is 29.3. The molecule has 1 heterocycles. The van der Waals surface area contributed by atoms with E-state index in [1.54, 1.807) is 37.4 Å². The maximum Gasteiger partial charge on any atom is 0.339 e. The minimum absolute atomic E-state index is 0.271. The number of ketones is 1. The first-order valence-electron chi connectivity index (χ1n) is 8.21. The minimum atomic E-state index is -0.534. The summed E-state index contributed by atoms with van der Waals surface area (Å²) in [7, 11) is 1.56. The predicted octanol–water partition coefficient (Wildman–Crippen LogP) is 3.90. The number of esters is 1. The van der Waals surface area contributed by atoms with Crippen molar-refractivity contribution in [3.63, 3.8) is 0 Å². The molecule has 1 aromatic heterocycles. The number of para-hydroxylation sites is 1. The molecule has 0 atom stereocenters. The molecule has 0 radical (unpaired) electrons. The van der Waals surface area contributed by atoms with Gasteiger partial charge in [-0.1, -0.05) is 18.2 Å². The van der Waals surface area contributed by atoms with Crippen LogP contribution in [0, 0.1) is 13.8 Å². The van der Waals surface area contributed by atoms with Crippen molar-refractivity contribution in [2.24, 2.45) is 0 Å².